The van der Waals surface area contributed by atoms with E-state index < -0.39 is 20.9 Å². The number of benzene rings is 2. The van der Waals surface area contributed by atoms with Crippen LogP contribution in [0.3, 0.4) is 0 Å². The van der Waals surface area contributed by atoms with Crippen molar-refractivity contribution in [2.45, 2.75) is 44.9 Å². The maximum atomic E-state index is 13.8. The van der Waals surface area contributed by atoms with Crippen molar-refractivity contribution in [3.63, 3.8) is 0 Å². The Labute approximate surface area is 318 Å². The molecule has 0 radical (unpaired) electrons. The Morgan fingerprint density at radius 3 is 2.54 bits per heavy atom. The summed E-state index contributed by atoms with van der Waals surface area (Å²) in [6.07, 6.45) is 6.42. The summed E-state index contributed by atoms with van der Waals surface area (Å²) in [5.41, 5.74) is 5.14. The summed E-state index contributed by atoms with van der Waals surface area (Å²) >= 11 is 6.21. The lowest BCUT2D eigenvalue weighted by Gasteiger charge is -2.39. The molecule has 5 aromatic rings. The Balaban J connectivity index is 1.12. The number of aromatic amines is 1. The number of ether oxygens (including phenoxy) is 1. The smallest absolute Gasteiger partial charge is 0.290 e. The summed E-state index contributed by atoms with van der Waals surface area (Å²) in [5, 5.41) is 12.7. The molecule has 3 aromatic heterocycles. The zero-order valence-corrected chi connectivity index (χ0v) is 31.7. The van der Waals surface area contributed by atoms with E-state index in [1.165, 1.54) is 35.9 Å². The lowest BCUT2D eigenvalue weighted by Crippen LogP contribution is -2.47. The van der Waals surface area contributed by atoms with Gasteiger partial charge in [0.25, 0.3) is 21.6 Å². The van der Waals surface area contributed by atoms with Crippen LogP contribution in [0.4, 0.5) is 11.4 Å². The summed E-state index contributed by atoms with van der Waals surface area (Å²) in [6, 6.07) is 18.7. The average Bonchev–Trinajstić information content (AvgIpc) is 3.61. The molecule has 1 aliphatic heterocycles. The highest BCUT2D eigenvalue weighted by Crippen LogP contribution is 2.43. The Kier molecular flexibility index (Phi) is 10.2. The number of H-pyrrole nitrogens is 1. The second kappa shape index (κ2) is 14.8. The lowest BCUT2D eigenvalue weighted by atomic mass is 9.72. The number of fused-ring (bicyclic) bond motifs is 1. The minimum Gasteiger partial charge on any atom is -0.454 e. The topological polar surface area (TPSA) is 164 Å². The molecular formula is C39H40ClN7O6S. The Morgan fingerprint density at radius 1 is 1.06 bits per heavy atom. The van der Waals surface area contributed by atoms with E-state index in [2.05, 4.69) is 55.5 Å². The number of hydrogen-bond donors (Lipinski definition) is 2. The van der Waals surface area contributed by atoms with Crippen LogP contribution in [0.5, 0.6) is 11.5 Å². The van der Waals surface area contributed by atoms with Crippen molar-refractivity contribution >= 4 is 55.5 Å². The van der Waals surface area contributed by atoms with E-state index >= 15 is 0 Å². The van der Waals surface area contributed by atoms with E-state index in [9.17, 15) is 23.3 Å². The van der Waals surface area contributed by atoms with Gasteiger partial charge >= 0.3 is 0 Å². The number of sulfonamides is 1. The minimum absolute atomic E-state index is 0.00216. The van der Waals surface area contributed by atoms with Crippen molar-refractivity contribution in [1.82, 2.24) is 24.6 Å². The van der Waals surface area contributed by atoms with Gasteiger partial charge in [0.2, 0.25) is 0 Å². The number of allylic oxidation sites excluding steroid dienone is 1. The van der Waals surface area contributed by atoms with Gasteiger partial charge in [0.15, 0.2) is 0 Å². The van der Waals surface area contributed by atoms with E-state index in [1.54, 1.807) is 24.4 Å². The molecule has 54 heavy (non-hydrogen) atoms. The van der Waals surface area contributed by atoms with Crippen LogP contribution in [0, 0.1) is 22.5 Å². The zero-order chi connectivity index (χ0) is 38.2. The molecule has 0 bridgehead atoms. The van der Waals surface area contributed by atoms with Gasteiger partial charge in [0, 0.05) is 67.1 Å². The van der Waals surface area contributed by atoms with Gasteiger partial charge in [-0.15, -0.1) is 0 Å². The summed E-state index contributed by atoms with van der Waals surface area (Å²) in [4.78, 5) is 39.4. The van der Waals surface area contributed by atoms with Crippen molar-refractivity contribution in [2.24, 2.45) is 5.41 Å². The number of hydrogen-bond acceptors (Lipinski definition) is 10. The molecule has 15 heteroatoms. The number of nitrogens with one attached hydrogen (secondary N) is 2. The van der Waals surface area contributed by atoms with Gasteiger partial charge in [0.1, 0.15) is 33.4 Å². The van der Waals surface area contributed by atoms with Gasteiger partial charge in [-0.1, -0.05) is 43.2 Å². The number of piperazine rings is 1. The van der Waals surface area contributed by atoms with E-state index in [0.717, 1.165) is 67.1 Å². The van der Waals surface area contributed by atoms with Crippen LogP contribution in [-0.2, 0) is 10.0 Å². The van der Waals surface area contributed by atoms with Crippen LogP contribution < -0.4 is 14.4 Å². The van der Waals surface area contributed by atoms with Crippen LogP contribution >= 0.6 is 11.6 Å². The van der Waals surface area contributed by atoms with Gasteiger partial charge in [-0.25, -0.2) is 23.1 Å². The number of pyridine rings is 2. The van der Waals surface area contributed by atoms with Crippen molar-refractivity contribution < 1.29 is 22.9 Å². The van der Waals surface area contributed by atoms with Crippen molar-refractivity contribution in [2.75, 3.05) is 37.6 Å². The molecule has 1 aliphatic carbocycles. The third-order valence-corrected chi connectivity index (χ3v) is 11.7. The number of carbonyl (C=O) groups excluding carboxylic acids is 1. The van der Waals surface area contributed by atoms with Crippen molar-refractivity contribution in [1.29, 1.82) is 0 Å². The quantitative estimate of drug-likeness (QED) is 0.107. The molecule has 4 heterocycles. The molecule has 2 aromatic carbocycles. The Bertz CT molecular complexity index is 2390. The summed E-state index contributed by atoms with van der Waals surface area (Å²) in [5.74, 6) is -0.729. The number of carbonyl (C=O) groups is 1. The highest BCUT2D eigenvalue weighted by Gasteiger charge is 2.30. The normalized spacial score (nSPS) is 16.4. The van der Waals surface area contributed by atoms with Gasteiger partial charge in [-0.05, 0) is 85.2 Å². The van der Waals surface area contributed by atoms with Crippen LogP contribution in [0.1, 0.15) is 54.9 Å². The predicted octanol–water partition coefficient (Wildman–Crippen LogP) is 7.52. The van der Waals surface area contributed by atoms with E-state index in [0.29, 0.717) is 24.5 Å². The largest absolute Gasteiger partial charge is 0.454 e. The van der Waals surface area contributed by atoms with Gasteiger partial charge in [0.05, 0.1) is 11.1 Å². The van der Waals surface area contributed by atoms with E-state index in [4.69, 9.17) is 16.3 Å². The van der Waals surface area contributed by atoms with Crippen LogP contribution in [0.2, 0.25) is 5.02 Å². The first-order chi connectivity index (χ1) is 25.7. The average molecular weight is 770 g/mol. The molecule has 0 saturated carbocycles. The minimum atomic E-state index is -4.51. The molecular weight excluding hydrogens is 730 g/mol. The first-order valence-electron chi connectivity index (χ1n) is 17.6. The summed E-state index contributed by atoms with van der Waals surface area (Å²) in [6.45, 7) is 9.94. The van der Waals surface area contributed by atoms with E-state index in [-0.39, 0.29) is 33.1 Å². The number of anilines is 1. The number of nitrogens with zero attached hydrogens (tertiary/aromatic N) is 5. The molecule has 7 rings (SSSR count). The standard InChI is InChI=1S/C39H40ClN7O6S/c1-25-34(47(49)50)10-9-33(43-25)38(48)44-54(51,52)36-11-8-30(21-35(36)53-31-20-27-13-15-41-37(27)42-23-31)46-18-16-45(17-19-46)24-28-12-14-39(2,3)22-32(28)26-4-6-29(40)7-5-26/h4-11,13,15,20-21,23H,12,14,16-19,22,24H2,1-3H3,(H,41,42)(H,44,48). The molecule has 1 fully saturated rings. The highest BCUT2D eigenvalue weighted by atomic mass is 35.5. The third-order valence-electron chi connectivity index (χ3n) is 10.1. The maximum Gasteiger partial charge on any atom is 0.290 e. The van der Waals surface area contributed by atoms with Gasteiger partial charge in [-0.2, -0.15) is 0 Å². The first-order valence-corrected chi connectivity index (χ1v) is 19.5. The molecule has 0 spiro atoms. The van der Waals surface area contributed by atoms with Gasteiger partial charge in [-0.3, -0.25) is 19.8 Å². The fraction of sp³-hybridized carbons (Fsp3) is 0.308. The molecule has 280 valence electrons. The molecule has 1 saturated heterocycles. The lowest BCUT2D eigenvalue weighted by molar-refractivity contribution is -0.385. The number of aryl methyl sites for hydroxylation is 1. The monoisotopic (exact) mass is 769 g/mol. The summed E-state index contributed by atoms with van der Waals surface area (Å²) in [7, 11) is -4.51. The SMILES string of the molecule is Cc1nc(C(=O)NS(=O)(=O)c2ccc(N3CCN(CC4=C(c5ccc(Cl)cc5)CC(C)(C)CC4)CC3)cc2Oc2cnc3[nH]ccc3c2)ccc1[N+](=O)[O-]. The number of amides is 1. The molecule has 13 nitrogen and oxygen atoms in total. The first kappa shape index (κ1) is 37.0. The molecule has 2 aliphatic rings. The third kappa shape index (κ3) is 8.10. The van der Waals surface area contributed by atoms with Crippen LogP contribution in [0.25, 0.3) is 16.6 Å². The maximum absolute atomic E-state index is 13.8. The van der Waals surface area contributed by atoms with Crippen LogP contribution in [-0.4, -0.2) is 71.8 Å². The van der Waals surface area contributed by atoms with Crippen LogP contribution in [0.15, 0.2) is 89.6 Å². The summed E-state index contributed by atoms with van der Waals surface area (Å²) < 4.78 is 35.8. The van der Waals surface area contributed by atoms with Gasteiger partial charge < -0.3 is 14.6 Å². The number of nitro groups is 1. The number of aromatic nitrogens is 3. The second-order valence-corrected chi connectivity index (χ2v) is 16.6. The molecule has 2 N–H and O–H groups in total. The second-order valence-electron chi connectivity index (χ2n) is 14.5. The van der Waals surface area contributed by atoms with Crippen molar-refractivity contribution in [3.8, 4) is 11.5 Å². The number of rotatable bonds is 10. The highest BCUT2D eigenvalue weighted by molar-refractivity contribution is 7.90. The Morgan fingerprint density at radius 2 is 1.81 bits per heavy atom. The molecule has 0 atom stereocenters. The molecule has 1 amide bonds. The van der Waals surface area contributed by atoms with E-state index in [1.807, 2.05) is 18.2 Å². The zero-order valence-electron chi connectivity index (χ0n) is 30.1. The number of halogens is 1. The fourth-order valence-electron chi connectivity index (χ4n) is 7.10. The Hall–Kier alpha value is -5.31. The fourth-order valence-corrected chi connectivity index (χ4v) is 8.30. The van der Waals surface area contributed by atoms with Crippen molar-refractivity contribution in [3.05, 3.63) is 117 Å². The molecule has 0 unspecified atom stereocenters. The predicted molar refractivity (Wildman–Crippen MR) is 208 cm³/mol.